The van der Waals surface area contributed by atoms with E-state index in [9.17, 15) is 10.1 Å². The Labute approximate surface area is 214 Å². The Morgan fingerprint density at radius 1 is 0.829 bits per heavy atom. The molecular formula is C31H52O4. The number of fused-ring (bicyclic) bond motifs is 7. The van der Waals surface area contributed by atoms with Crippen molar-refractivity contribution < 1.29 is 19.7 Å². The fraction of sp³-hybridized carbons (Fsp3) is 0.968. The number of ether oxygens (including phenoxy) is 1. The summed E-state index contributed by atoms with van der Waals surface area (Å²) in [7, 11) is 0. The van der Waals surface area contributed by atoms with Crippen LogP contribution in [0.2, 0.25) is 0 Å². The Kier molecular flexibility index (Phi) is 6.09. The lowest BCUT2D eigenvalue weighted by Crippen LogP contribution is -2.66. The lowest BCUT2D eigenvalue weighted by atomic mass is 9.32. The van der Waals surface area contributed by atoms with E-state index in [1.165, 1.54) is 57.8 Å². The zero-order valence-electron chi connectivity index (χ0n) is 23.8. The van der Waals surface area contributed by atoms with Crippen molar-refractivity contribution in [3.05, 3.63) is 0 Å². The molecule has 5 saturated carbocycles. The summed E-state index contributed by atoms with van der Waals surface area (Å²) in [5, 5.41) is 9.62. The van der Waals surface area contributed by atoms with Crippen molar-refractivity contribution in [2.45, 2.75) is 132 Å². The molecule has 5 rings (SSSR count). The molecule has 0 heterocycles. The van der Waals surface area contributed by atoms with Gasteiger partial charge in [0.2, 0.25) is 0 Å². The minimum absolute atomic E-state index is 0.0212. The Balaban J connectivity index is 1.49. The smallest absolute Gasteiger partial charge is 0.302 e. The Hall–Kier alpha value is -0.610. The normalized spacial score (nSPS) is 53.5. The van der Waals surface area contributed by atoms with Crippen LogP contribution in [0.4, 0.5) is 0 Å². The van der Waals surface area contributed by atoms with Crippen LogP contribution in [0.5, 0.6) is 0 Å². The van der Waals surface area contributed by atoms with Crippen LogP contribution in [0.1, 0.15) is 120 Å². The summed E-state index contributed by atoms with van der Waals surface area (Å²) in [6.07, 6.45) is 12.5. The average Bonchev–Trinajstić information content (AvgIpc) is 3.13. The van der Waals surface area contributed by atoms with Crippen LogP contribution in [-0.2, 0) is 14.4 Å². The summed E-state index contributed by atoms with van der Waals surface area (Å²) in [6.45, 7) is 18.9. The van der Waals surface area contributed by atoms with E-state index in [0.717, 1.165) is 18.3 Å². The highest BCUT2D eigenvalue weighted by molar-refractivity contribution is 5.66. The van der Waals surface area contributed by atoms with Gasteiger partial charge in [-0.2, -0.15) is 0 Å². The second-order valence-electron chi connectivity index (χ2n) is 15.3. The summed E-state index contributed by atoms with van der Waals surface area (Å²) in [5.74, 6) is 3.05. The first-order valence-corrected chi connectivity index (χ1v) is 14.7. The van der Waals surface area contributed by atoms with Gasteiger partial charge in [0.1, 0.15) is 6.10 Å². The zero-order chi connectivity index (χ0) is 25.6. The molecule has 0 bridgehead atoms. The van der Waals surface area contributed by atoms with Crippen LogP contribution in [0, 0.1) is 56.7 Å². The zero-order valence-corrected chi connectivity index (χ0v) is 23.8. The standard InChI is InChI=1S/C31H52O4/c1-19(35-33)21-11-14-28(5)17-18-30(7)22(26(21)28)9-10-24-29(6)15-13-25(34-20(2)32)27(3,4)23(29)12-16-31(24,30)8/h19,21-26,33H,9-18H2,1-8H3. The molecule has 0 aliphatic heterocycles. The van der Waals surface area contributed by atoms with Crippen molar-refractivity contribution >= 4 is 5.97 Å². The SMILES string of the molecule is CC(=O)OC1CCC2(C)C(CCC3(C)C2CCC2C4C(C(C)OO)CCC4(C)CCC23C)C1(C)C. The van der Waals surface area contributed by atoms with Gasteiger partial charge in [0, 0.05) is 12.3 Å². The first-order valence-electron chi connectivity index (χ1n) is 14.7. The number of hydrogen-bond donors (Lipinski definition) is 1. The molecule has 5 aliphatic carbocycles. The fourth-order valence-corrected chi connectivity index (χ4v) is 12.0. The minimum atomic E-state index is -0.127. The molecule has 5 aliphatic rings. The third-order valence-electron chi connectivity index (χ3n) is 13.9. The number of hydrogen-bond acceptors (Lipinski definition) is 4. The van der Waals surface area contributed by atoms with Gasteiger partial charge in [-0.05, 0) is 122 Å². The van der Waals surface area contributed by atoms with Crippen LogP contribution in [0.15, 0.2) is 0 Å². The van der Waals surface area contributed by atoms with Gasteiger partial charge in [0.25, 0.3) is 0 Å². The summed E-state index contributed by atoms with van der Waals surface area (Å²) in [4.78, 5) is 16.9. The van der Waals surface area contributed by atoms with Gasteiger partial charge in [-0.3, -0.25) is 10.1 Å². The number of rotatable bonds is 3. The molecule has 11 atom stereocenters. The van der Waals surface area contributed by atoms with Gasteiger partial charge in [-0.1, -0.05) is 41.5 Å². The molecule has 0 radical (unpaired) electrons. The molecule has 0 spiro atoms. The molecule has 35 heavy (non-hydrogen) atoms. The molecule has 0 saturated heterocycles. The van der Waals surface area contributed by atoms with E-state index in [1.54, 1.807) is 6.92 Å². The Morgan fingerprint density at radius 3 is 2.20 bits per heavy atom. The van der Waals surface area contributed by atoms with E-state index in [2.05, 4.69) is 48.5 Å². The summed E-state index contributed by atoms with van der Waals surface area (Å²) in [6, 6.07) is 0. The summed E-state index contributed by atoms with van der Waals surface area (Å²) >= 11 is 0. The maximum Gasteiger partial charge on any atom is 0.302 e. The summed E-state index contributed by atoms with van der Waals surface area (Å²) in [5.41, 5.74) is 1.40. The first kappa shape index (κ1) is 26.0. The van der Waals surface area contributed by atoms with Gasteiger partial charge in [0.15, 0.2) is 0 Å². The molecule has 1 N–H and O–H groups in total. The third-order valence-corrected chi connectivity index (χ3v) is 13.9. The average molecular weight is 489 g/mol. The summed E-state index contributed by atoms with van der Waals surface area (Å²) < 4.78 is 5.90. The predicted molar refractivity (Wildman–Crippen MR) is 139 cm³/mol. The topological polar surface area (TPSA) is 55.8 Å². The van der Waals surface area contributed by atoms with Crippen molar-refractivity contribution in [3.63, 3.8) is 0 Å². The minimum Gasteiger partial charge on any atom is -0.462 e. The first-order chi connectivity index (χ1) is 16.2. The van der Waals surface area contributed by atoms with Crippen LogP contribution >= 0.6 is 0 Å². The predicted octanol–water partition coefficient (Wildman–Crippen LogP) is 7.90. The molecule has 0 aromatic carbocycles. The van der Waals surface area contributed by atoms with Gasteiger partial charge < -0.3 is 4.74 Å². The second kappa shape index (κ2) is 8.19. The van der Waals surface area contributed by atoms with Gasteiger partial charge in [-0.15, -0.1) is 0 Å². The fourth-order valence-electron chi connectivity index (χ4n) is 12.0. The second-order valence-corrected chi connectivity index (χ2v) is 15.3. The Morgan fingerprint density at radius 2 is 1.54 bits per heavy atom. The van der Waals surface area contributed by atoms with Gasteiger partial charge >= 0.3 is 5.97 Å². The van der Waals surface area contributed by atoms with E-state index in [1.807, 2.05) is 0 Å². The molecule has 0 aromatic heterocycles. The lowest BCUT2D eigenvalue weighted by molar-refractivity contribution is -0.296. The third kappa shape index (κ3) is 3.40. The lowest BCUT2D eigenvalue weighted by Gasteiger charge is -2.73. The van der Waals surface area contributed by atoms with E-state index >= 15 is 0 Å². The molecule has 4 heteroatoms. The maximum atomic E-state index is 11.9. The molecule has 5 fully saturated rings. The number of carbonyl (C=O) groups excluding carboxylic acids is 1. The quantitative estimate of drug-likeness (QED) is 0.249. The highest BCUT2D eigenvalue weighted by atomic mass is 17.1. The number of carbonyl (C=O) groups is 1. The van der Waals surface area contributed by atoms with Gasteiger partial charge in [-0.25, -0.2) is 4.89 Å². The van der Waals surface area contributed by atoms with Gasteiger partial charge in [0.05, 0.1) is 6.10 Å². The molecule has 11 unspecified atom stereocenters. The van der Waals surface area contributed by atoms with Crippen LogP contribution in [0.3, 0.4) is 0 Å². The van der Waals surface area contributed by atoms with E-state index in [4.69, 9.17) is 9.62 Å². The molecule has 200 valence electrons. The van der Waals surface area contributed by atoms with Crippen LogP contribution in [-0.4, -0.2) is 23.4 Å². The molecule has 4 nitrogen and oxygen atoms in total. The van der Waals surface area contributed by atoms with Crippen molar-refractivity contribution in [2.24, 2.45) is 56.7 Å². The van der Waals surface area contributed by atoms with Crippen molar-refractivity contribution in [1.29, 1.82) is 0 Å². The van der Waals surface area contributed by atoms with Crippen LogP contribution < -0.4 is 0 Å². The Bertz CT molecular complexity index is 853. The van der Waals surface area contributed by atoms with Crippen molar-refractivity contribution in [2.75, 3.05) is 0 Å². The maximum absolute atomic E-state index is 11.9. The highest BCUT2D eigenvalue weighted by Crippen LogP contribution is 2.77. The number of esters is 1. The monoisotopic (exact) mass is 488 g/mol. The van der Waals surface area contributed by atoms with Crippen molar-refractivity contribution in [1.82, 2.24) is 0 Å². The van der Waals surface area contributed by atoms with Crippen LogP contribution in [0.25, 0.3) is 0 Å². The van der Waals surface area contributed by atoms with E-state index < -0.39 is 0 Å². The van der Waals surface area contributed by atoms with E-state index in [-0.39, 0.29) is 23.6 Å². The van der Waals surface area contributed by atoms with Crippen molar-refractivity contribution in [3.8, 4) is 0 Å². The molecule has 0 aromatic rings. The molecular weight excluding hydrogens is 436 g/mol. The van der Waals surface area contributed by atoms with E-state index in [0.29, 0.717) is 39.4 Å². The highest BCUT2D eigenvalue weighted by Gasteiger charge is 2.70. The largest absolute Gasteiger partial charge is 0.462 e. The molecule has 0 amide bonds.